The maximum absolute atomic E-state index is 9.36. The number of hydrogen-bond donors (Lipinski definition) is 1. The minimum Gasteiger partial charge on any atom is -0.369 e. The van der Waals surface area contributed by atoms with E-state index in [1.165, 1.54) is 5.69 Å². The lowest BCUT2D eigenvalue weighted by Crippen LogP contribution is -2.44. The second-order valence-electron chi connectivity index (χ2n) is 8.15. The second kappa shape index (κ2) is 8.29. The van der Waals surface area contributed by atoms with Crippen molar-refractivity contribution in [3.05, 3.63) is 58.8 Å². The molecule has 6 heteroatoms. The van der Waals surface area contributed by atoms with Crippen molar-refractivity contribution in [2.45, 2.75) is 26.8 Å². The van der Waals surface area contributed by atoms with Gasteiger partial charge in [-0.3, -0.25) is 0 Å². The number of rotatable bonds is 4. The van der Waals surface area contributed by atoms with E-state index >= 15 is 0 Å². The Kier molecular flexibility index (Phi) is 5.56. The highest BCUT2D eigenvalue weighted by atomic mass is 15.2. The van der Waals surface area contributed by atoms with Gasteiger partial charge >= 0.3 is 0 Å². The molecule has 1 fully saturated rings. The Bertz CT molecular complexity index is 1110. The number of benzene rings is 2. The third-order valence-corrected chi connectivity index (χ3v) is 6.13. The van der Waals surface area contributed by atoms with E-state index in [0.29, 0.717) is 5.56 Å². The van der Waals surface area contributed by atoms with Gasteiger partial charge < -0.3 is 15.1 Å². The average Bonchev–Trinajstić information content (AvgIpc) is 2.76. The van der Waals surface area contributed by atoms with Crippen molar-refractivity contribution in [2.75, 3.05) is 43.4 Å². The van der Waals surface area contributed by atoms with Gasteiger partial charge in [-0.2, -0.15) is 10.4 Å². The van der Waals surface area contributed by atoms with Gasteiger partial charge in [0.25, 0.3) is 0 Å². The van der Waals surface area contributed by atoms with Gasteiger partial charge in [-0.25, -0.2) is 0 Å². The van der Waals surface area contributed by atoms with Gasteiger partial charge in [0, 0.05) is 42.6 Å². The Morgan fingerprint density at radius 2 is 1.80 bits per heavy atom. The molecule has 0 radical (unpaired) electrons. The number of aryl methyl sites for hydroxylation is 1. The second-order valence-corrected chi connectivity index (χ2v) is 8.15. The SMILES string of the molecule is Cc1c(C#N)cccc1[C@@H](C)Nc1nnc(C)c2ccc(N3CCN(C)CC3)cc12. The third kappa shape index (κ3) is 3.81. The Labute approximate surface area is 178 Å². The molecule has 154 valence electrons. The quantitative estimate of drug-likeness (QED) is 0.713. The van der Waals surface area contributed by atoms with Crippen LogP contribution in [0.4, 0.5) is 11.5 Å². The molecule has 3 aromatic rings. The van der Waals surface area contributed by atoms with Crippen molar-refractivity contribution < 1.29 is 0 Å². The molecule has 0 bridgehead atoms. The number of piperazine rings is 1. The van der Waals surface area contributed by atoms with Gasteiger partial charge in [0.05, 0.1) is 23.4 Å². The number of nitrogens with zero attached hydrogens (tertiary/aromatic N) is 5. The van der Waals surface area contributed by atoms with E-state index < -0.39 is 0 Å². The first-order chi connectivity index (χ1) is 14.5. The molecule has 6 nitrogen and oxygen atoms in total. The summed E-state index contributed by atoms with van der Waals surface area (Å²) < 4.78 is 0. The number of aromatic nitrogens is 2. The van der Waals surface area contributed by atoms with Crippen LogP contribution in [0.5, 0.6) is 0 Å². The smallest absolute Gasteiger partial charge is 0.157 e. The Morgan fingerprint density at radius 1 is 1.03 bits per heavy atom. The van der Waals surface area contributed by atoms with E-state index in [0.717, 1.165) is 59.6 Å². The molecule has 1 aliphatic rings. The monoisotopic (exact) mass is 400 g/mol. The lowest BCUT2D eigenvalue weighted by molar-refractivity contribution is 0.313. The van der Waals surface area contributed by atoms with Crippen LogP contribution in [0.2, 0.25) is 0 Å². The zero-order valence-electron chi connectivity index (χ0n) is 18.1. The van der Waals surface area contributed by atoms with Crippen molar-refractivity contribution >= 4 is 22.3 Å². The molecular formula is C24H28N6. The number of nitrogens with one attached hydrogen (secondary N) is 1. The van der Waals surface area contributed by atoms with Gasteiger partial charge in [-0.1, -0.05) is 18.2 Å². The van der Waals surface area contributed by atoms with Crippen LogP contribution in [0.1, 0.15) is 35.3 Å². The highest BCUT2D eigenvalue weighted by Gasteiger charge is 2.18. The zero-order chi connectivity index (χ0) is 21.3. The molecule has 1 N–H and O–H groups in total. The summed E-state index contributed by atoms with van der Waals surface area (Å²) in [7, 11) is 2.17. The van der Waals surface area contributed by atoms with Crippen LogP contribution in [-0.4, -0.2) is 48.3 Å². The summed E-state index contributed by atoms with van der Waals surface area (Å²) in [5.41, 5.74) is 4.96. The Hall–Kier alpha value is -3.17. The molecular weight excluding hydrogens is 372 g/mol. The fourth-order valence-corrected chi connectivity index (χ4v) is 4.17. The van der Waals surface area contributed by atoms with E-state index in [-0.39, 0.29) is 6.04 Å². The van der Waals surface area contributed by atoms with E-state index in [4.69, 9.17) is 0 Å². The van der Waals surface area contributed by atoms with Crippen LogP contribution >= 0.6 is 0 Å². The fraction of sp³-hybridized carbons (Fsp3) is 0.375. The summed E-state index contributed by atoms with van der Waals surface area (Å²) in [6, 6.07) is 14.7. The number of nitriles is 1. The summed E-state index contributed by atoms with van der Waals surface area (Å²) in [6.07, 6.45) is 0. The fourth-order valence-electron chi connectivity index (χ4n) is 4.17. The molecule has 1 aromatic heterocycles. The standard InChI is InChI=1S/C24H28N6/c1-16-19(15-25)6-5-7-21(16)17(2)26-24-23-14-20(30-12-10-29(4)11-13-30)8-9-22(23)18(3)27-28-24/h5-9,14,17H,10-13H2,1-4H3,(H,26,28)/t17-/m1/s1. The van der Waals surface area contributed by atoms with Crippen molar-refractivity contribution in [2.24, 2.45) is 0 Å². The average molecular weight is 401 g/mol. The van der Waals surface area contributed by atoms with Gasteiger partial charge in [0.2, 0.25) is 0 Å². The minimum atomic E-state index is 0.00537. The first-order valence-corrected chi connectivity index (χ1v) is 10.4. The molecule has 2 aromatic carbocycles. The first-order valence-electron chi connectivity index (χ1n) is 10.4. The van der Waals surface area contributed by atoms with Crippen LogP contribution < -0.4 is 10.2 Å². The third-order valence-electron chi connectivity index (χ3n) is 6.13. The molecule has 1 aliphatic heterocycles. The molecule has 30 heavy (non-hydrogen) atoms. The normalized spacial score (nSPS) is 15.8. The predicted molar refractivity (Wildman–Crippen MR) is 122 cm³/mol. The molecule has 0 saturated carbocycles. The molecule has 0 spiro atoms. The maximum atomic E-state index is 9.36. The molecule has 4 rings (SSSR count). The van der Waals surface area contributed by atoms with Gasteiger partial charge in [-0.15, -0.1) is 5.10 Å². The van der Waals surface area contributed by atoms with Crippen molar-refractivity contribution in [3.63, 3.8) is 0 Å². The molecule has 0 amide bonds. The van der Waals surface area contributed by atoms with Crippen molar-refractivity contribution in [1.29, 1.82) is 5.26 Å². The lowest BCUT2D eigenvalue weighted by atomic mass is 9.98. The first kappa shape index (κ1) is 20.1. The highest BCUT2D eigenvalue weighted by molar-refractivity contribution is 5.95. The molecule has 1 saturated heterocycles. The van der Waals surface area contributed by atoms with Gasteiger partial charge in [0.15, 0.2) is 5.82 Å². The minimum absolute atomic E-state index is 0.00537. The largest absolute Gasteiger partial charge is 0.369 e. The Balaban J connectivity index is 1.69. The topological polar surface area (TPSA) is 68.1 Å². The van der Waals surface area contributed by atoms with Crippen LogP contribution in [0.25, 0.3) is 10.8 Å². The number of likely N-dealkylation sites (N-methyl/N-ethyl adjacent to an activating group) is 1. The van der Waals surface area contributed by atoms with Crippen LogP contribution in [-0.2, 0) is 0 Å². The van der Waals surface area contributed by atoms with Crippen molar-refractivity contribution in [1.82, 2.24) is 15.1 Å². The Morgan fingerprint density at radius 3 is 2.53 bits per heavy atom. The van der Waals surface area contributed by atoms with Crippen LogP contribution in [0.3, 0.4) is 0 Å². The maximum Gasteiger partial charge on any atom is 0.157 e. The van der Waals surface area contributed by atoms with E-state index in [1.807, 2.05) is 26.0 Å². The molecule has 0 aliphatic carbocycles. The van der Waals surface area contributed by atoms with Crippen LogP contribution in [0.15, 0.2) is 36.4 Å². The van der Waals surface area contributed by atoms with E-state index in [1.54, 1.807) is 0 Å². The van der Waals surface area contributed by atoms with Crippen molar-refractivity contribution in [3.8, 4) is 6.07 Å². The summed E-state index contributed by atoms with van der Waals surface area (Å²) >= 11 is 0. The van der Waals surface area contributed by atoms with E-state index in [9.17, 15) is 5.26 Å². The summed E-state index contributed by atoms with van der Waals surface area (Å²) in [4.78, 5) is 4.79. The summed E-state index contributed by atoms with van der Waals surface area (Å²) in [5, 5.41) is 24.0. The lowest BCUT2D eigenvalue weighted by Gasteiger charge is -2.34. The molecule has 0 unspecified atom stereocenters. The molecule has 1 atom stereocenters. The van der Waals surface area contributed by atoms with Gasteiger partial charge in [0.1, 0.15) is 0 Å². The van der Waals surface area contributed by atoms with E-state index in [2.05, 4.69) is 69.6 Å². The van der Waals surface area contributed by atoms with Crippen LogP contribution in [0, 0.1) is 25.2 Å². The summed E-state index contributed by atoms with van der Waals surface area (Å²) in [6.45, 7) is 10.3. The summed E-state index contributed by atoms with van der Waals surface area (Å²) in [5.74, 6) is 0.779. The number of anilines is 2. The zero-order valence-corrected chi connectivity index (χ0v) is 18.1. The number of fused-ring (bicyclic) bond motifs is 1. The molecule has 2 heterocycles. The highest BCUT2D eigenvalue weighted by Crippen LogP contribution is 2.31. The number of hydrogen-bond acceptors (Lipinski definition) is 6. The predicted octanol–water partition coefficient (Wildman–Crippen LogP) is 4.04. The van der Waals surface area contributed by atoms with Gasteiger partial charge in [-0.05, 0) is 57.1 Å².